The van der Waals surface area contributed by atoms with Gasteiger partial charge in [-0.1, -0.05) is 36.8 Å². The number of nitrogens with zero attached hydrogens (tertiary/aromatic N) is 2. The van der Waals surface area contributed by atoms with Gasteiger partial charge < -0.3 is 67.2 Å². The lowest BCUT2D eigenvalue weighted by molar-refractivity contribution is -0.147. The van der Waals surface area contributed by atoms with E-state index < -0.39 is 108 Å². The lowest BCUT2D eigenvalue weighted by Crippen LogP contribution is -2.63. The number of benzene rings is 3. The van der Waals surface area contributed by atoms with Crippen LogP contribution in [0.25, 0.3) is 10.9 Å². The van der Waals surface area contributed by atoms with Crippen LogP contribution in [0.4, 0.5) is 4.39 Å². The summed E-state index contributed by atoms with van der Waals surface area (Å²) in [5.74, 6) is -6.66. The summed E-state index contributed by atoms with van der Waals surface area (Å²) in [6.07, 6.45) is 9.86. The summed E-state index contributed by atoms with van der Waals surface area (Å²) in [6.45, 7) is 2.20. The van der Waals surface area contributed by atoms with Crippen LogP contribution in [-0.2, 0) is 67.2 Å². The van der Waals surface area contributed by atoms with Gasteiger partial charge in [-0.25, -0.2) is 4.39 Å². The summed E-state index contributed by atoms with van der Waals surface area (Å²) >= 11 is 0. The number of aromatic amines is 1. The molecule has 466 valence electrons. The zero-order chi connectivity index (χ0) is 62.2. The molecule has 0 unspecified atom stereocenters. The number of ether oxygens (including phenoxy) is 2. The lowest BCUT2D eigenvalue weighted by Gasteiger charge is -2.38. The minimum Gasteiger partial charge on any atom is -0.490 e. The van der Waals surface area contributed by atoms with Gasteiger partial charge in [0.15, 0.2) is 0 Å². The SMILES string of the molecule is COC1CCC(C[C@@H]2NC(=O)[C@H](C)NC(=O)CN3C/C=C\COc4cccc(c4)C[C@H](NC(=O)CNC(=O)CCCCCNC(=O)c4ccc(cc4)C[C@@H](C(N)=O)NC(=O)[C@]4(C)CCCN4C2=O)C(=O)N[C@@H](Cc2c[nH]c4ccc(F)cc24)C3=O)CC1. The van der Waals surface area contributed by atoms with E-state index in [4.69, 9.17) is 15.2 Å². The summed E-state index contributed by atoms with van der Waals surface area (Å²) in [5.41, 5.74) is 6.92. The van der Waals surface area contributed by atoms with Gasteiger partial charge in [0, 0.05) is 75.1 Å². The number of carbonyl (C=O) groups excluding carboxylic acids is 10. The third-order valence-electron chi connectivity index (χ3n) is 16.8. The Morgan fingerprint density at radius 2 is 1.54 bits per heavy atom. The third-order valence-corrected chi connectivity index (χ3v) is 16.8. The van der Waals surface area contributed by atoms with E-state index in [0.29, 0.717) is 84.0 Å². The Kier molecular flexibility index (Phi) is 22.3. The van der Waals surface area contributed by atoms with Crippen molar-refractivity contribution in [2.75, 3.05) is 46.4 Å². The second-order valence-corrected chi connectivity index (χ2v) is 23.2. The van der Waals surface area contributed by atoms with E-state index in [2.05, 4.69) is 42.2 Å². The van der Waals surface area contributed by atoms with Crippen LogP contribution in [0.3, 0.4) is 0 Å². The van der Waals surface area contributed by atoms with Gasteiger partial charge in [-0.3, -0.25) is 47.9 Å². The van der Waals surface area contributed by atoms with Gasteiger partial charge in [0.25, 0.3) is 5.91 Å². The highest BCUT2D eigenvalue weighted by Crippen LogP contribution is 2.34. The van der Waals surface area contributed by atoms with E-state index in [-0.39, 0.29) is 76.2 Å². The zero-order valence-electron chi connectivity index (χ0n) is 49.5. The molecule has 5 aliphatic rings. The Labute approximate surface area is 504 Å². The number of hydrogen-bond donors (Lipinski definition) is 9. The highest BCUT2D eigenvalue weighted by atomic mass is 19.1. The Hall–Kier alpha value is -8.67. The molecule has 0 spiro atoms. The number of H-pyrrole nitrogens is 1. The van der Waals surface area contributed by atoms with Crippen molar-refractivity contribution in [3.63, 3.8) is 0 Å². The van der Waals surface area contributed by atoms with E-state index >= 15 is 9.59 Å². The predicted molar refractivity (Wildman–Crippen MR) is 319 cm³/mol. The first-order valence-electron chi connectivity index (χ1n) is 30.0. The molecule has 1 saturated carbocycles. The van der Waals surface area contributed by atoms with Crippen LogP contribution in [0.5, 0.6) is 5.75 Å². The van der Waals surface area contributed by atoms with Gasteiger partial charge in [0.05, 0.1) is 19.2 Å². The minimum absolute atomic E-state index is 0.0188. The number of rotatable bonds is 6. The number of methoxy groups -OCH3 is 1. The van der Waals surface area contributed by atoms with Gasteiger partial charge in [-0.15, -0.1) is 0 Å². The second kappa shape index (κ2) is 30.1. The average molecular weight is 1200 g/mol. The van der Waals surface area contributed by atoms with Crippen LogP contribution in [0.1, 0.15) is 112 Å². The van der Waals surface area contributed by atoms with E-state index in [1.54, 1.807) is 80.9 Å². The number of nitrogens with two attached hydrogens (primary N) is 1. The number of hydrogen-bond acceptors (Lipinski definition) is 12. The van der Waals surface area contributed by atoms with E-state index in [1.807, 2.05) is 0 Å². The number of halogens is 1. The molecule has 9 rings (SSSR count). The standard InChI is InChI=1S/C63H80FN11O12/c1-38-57(80)71-51(31-40-16-21-45(86-3)22-17-40)61(84)75-27-10-24-63(75,2)62(85)73-49(56(65)79)30-39-14-18-42(19-15-39)58(81)66-25-6-4-5-13-53(76)68-36-54(77)70-50-32-41-11-9-12-46(29-41)87-28-8-7-26-74(37-55(78)69-38)60(83)52(72-59(50)82)33-43-35-67-48-23-20-44(64)34-47(43)48/h7-9,11-12,14-15,18-20,23,29,34-35,38,40,45,49-52,67H,4-6,10,13,16-17,21-22,24-28,30-33,36-37H2,1-3H3,(H2,65,79)(H,66,81)(H,68,76)(H,69,78)(H,70,77)(H,71,80)(H,72,82)(H,73,85)/b8-7-/t38-,40?,45?,49-,50-,51-,52-,63-/m0/s1. The van der Waals surface area contributed by atoms with Crippen LogP contribution in [-0.4, -0.2) is 162 Å². The molecule has 87 heavy (non-hydrogen) atoms. The minimum atomic E-state index is -1.47. The molecule has 1 saturated heterocycles. The van der Waals surface area contributed by atoms with Crippen molar-refractivity contribution >= 4 is 70.0 Å². The summed E-state index contributed by atoms with van der Waals surface area (Å²) < 4.78 is 26.4. The molecule has 23 nitrogen and oxygen atoms in total. The molecule has 1 aliphatic carbocycles. The fraction of sp³-hybridized carbons (Fsp3) is 0.492. The number of amides is 10. The number of fused-ring (bicyclic) bond motifs is 26. The van der Waals surface area contributed by atoms with Crippen LogP contribution in [0.2, 0.25) is 0 Å². The molecule has 10 N–H and O–H groups in total. The van der Waals surface area contributed by atoms with Crippen molar-refractivity contribution in [2.24, 2.45) is 11.7 Å². The average Bonchev–Trinajstić information content (AvgIpc) is 2.57. The van der Waals surface area contributed by atoms with E-state index in [9.17, 15) is 42.7 Å². The molecule has 24 heteroatoms. The Bertz CT molecular complexity index is 3200. The molecule has 5 heterocycles. The third kappa shape index (κ3) is 17.5. The van der Waals surface area contributed by atoms with Crippen molar-refractivity contribution in [3.05, 3.63) is 113 Å². The largest absolute Gasteiger partial charge is 0.490 e. The van der Waals surface area contributed by atoms with E-state index in [0.717, 1.165) is 12.8 Å². The topological polar surface area (TPSA) is 322 Å². The second-order valence-electron chi connectivity index (χ2n) is 23.2. The van der Waals surface area contributed by atoms with Gasteiger partial charge in [0.1, 0.15) is 53.9 Å². The lowest BCUT2D eigenvalue weighted by atomic mass is 9.82. The first-order valence-corrected chi connectivity index (χ1v) is 30.0. The molecule has 6 atom stereocenters. The molecule has 0 radical (unpaired) electrons. The maximum absolute atomic E-state index is 15.1. The van der Waals surface area contributed by atoms with Crippen LogP contribution in [0, 0.1) is 11.7 Å². The van der Waals surface area contributed by atoms with Crippen molar-refractivity contribution in [1.82, 2.24) is 52.0 Å². The number of primary amides is 1. The number of aromatic nitrogens is 1. The van der Waals surface area contributed by atoms with Crippen molar-refractivity contribution in [1.29, 1.82) is 0 Å². The molecule has 2 fully saturated rings. The van der Waals surface area contributed by atoms with Gasteiger partial charge >= 0.3 is 0 Å². The summed E-state index contributed by atoms with van der Waals surface area (Å²) in [4.78, 5) is 146. The first-order chi connectivity index (χ1) is 41.8. The van der Waals surface area contributed by atoms with Crippen LogP contribution >= 0.6 is 0 Å². The van der Waals surface area contributed by atoms with Crippen LogP contribution < -0.4 is 47.7 Å². The van der Waals surface area contributed by atoms with Gasteiger partial charge in [0.2, 0.25) is 53.2 Å². The maximum Gasteiger partial charge on any atom is 0.251 e. The number of nitrogens with one attached hydrogen (secondary N) is 8. The fourth-order valence-corrected chi connectivity index (χ4v) is 11.8. The highest BCUT2D eigenvalue weighted by molar-refractivity contribution is 5.99. The highest BCUT2D eigenvalue weighted by Gasteiger charge is 2.49. The zero-order valence-corrected chi connectivity index (χ0v) is 49.5. The molecule has 4 aromatic rings. The summed E-state index contributed by atoms with van der Waals surface area (Å²) in [7, 11) is 1.65. The first kappa shape index (κ1) is 64.3. The Balaban J connectivity index is 1.09. The van der Waals surface area contributed by atoms with Gasteiger partial charge in [-0.2, -0.15) is 0 Å². The fourth-order valence-electron chi connectivity index (χ4n) is 11.8. The molecule has 10 amide bonds. The van der Waals surface area contributed by atoms with Crippen molar-refractivity contribution in [2.45, 2.75) is 146 Å². The molecule has 3 aromatic carbocycles. The maximum atomic E-state index is 15.1. The smallest absolute Gasteiger partial charge is 0.251 e. The monoisotopic (exact) mass is 1200 g/mol. The number of carbonyl (C=O) groups is 10. The quantitative estimate of drug-likeness (QED) is 0.126. The summed E-state index contributed by atoms with van der Waals surface area (Å²) in [5, 5.41) is 19.8. The Morgan fingerprint density at radius 3 is 2.30 bits per heavy atom. The molecular formula is C63H80FN11O12. The normalized spacial score (nSPS) is 26.5. The van der Waals surface area contributed by atoms with Crippen molar-refractivity contribution < 1.29 is 61.8 Å². The predicted octanol–water partition coefficient (Wildman–Crippen LogP) is 2.44. The van der Waals surface area contributed by atoms with E-state index in [1.165, 1.54) is 34.9 Å². The van der Waals surface area contributed by atoms with Crippen LogP contribution in [0.15, 0.2) is 85.1 Å². The molecule has 6 bridgehead atoms. The Morgan fingerprint density at radius 1 is 0.770 bits per heavy atom. The molecular weight excluding hydrogens is 1120 g/mol. The molecule has 1 aromatic heterocycles. The van der Waals surface area contributed by atoms with Gasteiger partial charge in [-0.05, 0) is 143 Å². The molecule has 4 aliphatic heterocycles. The summed E-state index contributed by atoms with van der Waals surface area (Å²) in [6, 6.07) is 11.0. The van der Waals surface area contributed by atoms with Crippen molar-refractivity contribution in [3.8, 4) is 5.75 Å².